The summed E-state index contributed by atoms with van der Waals surface area (Å²) in [7, 11) is 0. The van der Waals surface area contributed by atoms with E-state index in [4.69, 9.17) is 9.47 Å². The number of hydrogen-bond donors (Lipinski definition) is 1. The van der Waals surface area contributed by atoms with Gasteiger partial charge in [-0.3, -0.25) is 9.59 Å². The van der Waals surface area contributed by atoms with Crippen LogP contribution < -0.4 is 19.7 Å². The van der Waals surface area contributed by atoms with Crippen molar-refractivity contribution < 1.29 is 19.1 Å². The summed E-state index contributed by atoms with van der Waals surface area (Å²) in [6.07, 6.45) is 0.516. The van der Waals surface area contributed by atoms with Crippen LogP contribution in [0.15, 0.2) is 46.9 Å². The van der Waals surface area contributed by atoms with Gasteiger partial charge < -0.3 is 19.7 Å². The Labute approximate surface area is 159 Å². The van der Waals surface area contributed by atoms with Crippen molar-refractivity contribution in [1.82, 2.24) is 5.32 Å². The van der Waals surface area contributed by atoms with E-state index in [0.717, 1.165) is 15.7 Å². The SMILES string of the molecule is O=C(NCc1ccc2c(c1)OCO2)[C@@H]1CCN(c2ccc(Br)cc2)C1=O. The predicted molar refractivity (Wildman–Crippen MR) is 99.0 cm³/mol. The van der Waals surface area contributed by atoms with Crippen molar-refractivity contribution in [3.63, 3.8) is 0 Å². The summed E-state index contributed by atoms with van der Waals surface area (Å²) in [6.45, 7) is 1.10. The van der Waals surface area contributed by atoms with E-state index < -0.39 is 5.92 Å². The first kappa shape index (κ1) is 16.9. The number of anilines is 1. The average Bonchev–Trinajstić information content (AvgIpc) is 3.26. The Hall–Kier alpha value is -2.54. The molecule has 1 atom stereocenters. The molecule has 0 aliphatic carbocycles. The van der Waals surface area contributed by atoms with Gasteiger partial charge in [0.25, 0.3) is 0 Å². The number of nitrogens with zero attached hydrogens (tertiary/aromatic N) is 1. The smallest absolute Gasteiger partial charge is 0.239 e. The first-order chi connectivity index (χ1) is 12.6. The van der Waals surface area contributed by atoms with Gasteiger partial charge in [0.2, 0.25) is 18.6 Å². The van der Waals surface area contributed by atoms with Crippen LogP contribution in [0.3, 0.4) is 0 Å². The number of rotatable bonds is 4. The van der Waals surface area contributed by atoms with Crippen molar-refractivity contribution >= 4 is 33.4 Å². The van der Waals surface area contributed by atoms with E-state index in [1.54, 1.807) is 4.90 Å². The molecule has 0 spiro atoms. The Morgan fingerprint density at radius 3 is 2.73 bits per heavy atom. The summed E-state index contributed by atoms with van der Waals surface area (Å²) in [5, 5.41) is 2.85. The van der Waals surface area contributed by atoms with Gasteiger partial charge in [0, 0.05) is 23.2 Å². The largest absolute Gasteiger partial charge is 0.454 e. The van der Waals surface area contributed by atoms with E-state index in [0.29, 0.717) is 31.0 Å². The molecule has 4 rings (SSSR count). The number of nitrogens with one attached hydrogen (secondary N) is 1. The molecule has 2 aromatic carbocycles. The molecule has 1 saturated heterocycles. The maximum Gasteiger partial charge on any atom is 0.239 e. The van der Waals surface area contributed by atoms with Crippen LogP contribution in [0.2, 0.25) is 0 Å². The fourth-order valence-corrected chi connectivity index (χ4v) is 3.43. The standard InChI is InChI=1S/C19H17BrN2O4/c20-13-2-4-14(5-3-13)22-8-7-15(19(22)24)18(23)21-10-12-1-6-16-17(9-12)26-11-25-16/h1-6,9,15H,7-8,10-11H2,(H,21,23)/t15-/m0/s1. The Morgan fingerprint density at radius 1 is 1.15 bits per heavy atom. The van der Waals surface area contributed by atoms with E-state index in [1.807, 2.05) is 42.5 Å². The van der Waals surface area contributed by atoms with Gasteiger partial charge in [-0.1, -0.05) is 22.0 Å². The Kier molecular flexibility index (Phi) is 4.55. The van der Waals surface area contributed by atoms with Crippen LogP contribution in [0.25, 0.3) is 0 Å². The third kappa shape index (κ3) is 3.26. The molecule has 1 N–H and O–H groups in total. The van der Waals surface area contributed by atoms with Crippen molar-refractivity contribution in [3.05, 3.63) is 52.5 Å². The molecule has 134 valence electrons. The average molecular weight is 417 g/mol. The van der Waals surface area contributed by atoms with Crippen LogP contribution in [0.1, 0.15) is 12.0 Å². The molecule has 0 bridgehead atoms. The first-order valence-corrected chi connectivity index (χ1v) is 9.14. The van der Waals surface area contributed by atoms with Gasteiger partial charge in [-0.25, -0.2) is 0 Å². The van der Waals surface area contributed by atoms with Crippen molar-refractivity contribution in [3.8, 4) is 11.5 Å². The Bertz CT molecular complexity index is 853. The topological polar surface area (TPSA) is 67.9 Å². The number of fused-ring (bicyclic) bond motifs is 1. The number of carbonyl (C=O) groups is 2. The van der Waals surface area contributed by atoms with Crippen molar-refractivity contribution in [1.29, 1.82) is 0 Å². The highest BCUT2D eigenvalue weighted by atomic mass is 79.9. The number of halogens is 1. The lowest BCUT2D eigenvalue weighted by molar-refractivity contribution is -0.132. The highest BCUT2D eigenvalue weighted by molar-refractivity contribution is 9.10. The molecule has 7 heteroatoms. The summed E-state index contributed by atoms with van der Waals surface area (Å²) >= 11 is 3.38. The lowest BCUT2D eigenvalue weighted by Crippen LogP contribution is -2.36. The van der Waals surface area contributed by atoms with Gasteiger partial charge >= 0.3 is 0 Å². The van der Waals surface area contributed by atoms with Crippen molar-refractivity contribution in [2.75, 3.05) is 18.2 Å². The zero-order chi connectivity index (χ0) is 18.1. The van der Waals surface area contributed by atoms with Gasteiger partial charge in [0.1, 0.15) is 5.92 Å². The minimum absolute atomic E-state index is 0.157. The molecule has 0 aromatic heterocycles. The van der Waals surface area contributed by atoms with Gasteiger partial charge in [-0.15, -0.1) is 0 Å². The maximum absolute atomic E-state index is 12.6. The number of carbonyl (C=O) groups excluding carboxylic acids is 2. The van der Waals surface area contributed by atoms with Crippen LogP contribution >= 0.6 is 15.9 Å². The van der Waals surface area contributed by atoms with E-state index in [9.17, 15) is 9.59 Å². The van der Waals surface area contributed by atoms with Crippen molar-refractivity contribution in [2.45, 2.75) is 13.0 Å². The van der Waals surface area contributed by atoms with Gasteiger partial charge in [-0.2, -0.15) is 0 Å². The molecule has 2 heterocycles. The number of amides is 2. The Morgan fingerprint density at radius 2 is 1.92 bits per heavy atom. The first-order valence-electron chi connectivity index (χ1n) is 8.35. The zero-order valence-corrected chi connectivity index (χ0v) is 15.5. The van der Waals surface area contributed by atoms with Crippen LogP contribution in [-0.2, 0) is 16.1 Å². The van der Waals surface area contributed by atoms with E-state index >= 15 is 0 Å². The lowest BCUT2D eigenvalue weighted by atomic mass is 10.1. The summed E-state index contributed by atoms with van der Waals surface area (Å²) in [4.78, 5) is 26.7. The maximum atomic E-state index is 12.6. The predicted octanol–water partition coefficient (Wildman–Crippen LogP) is 2.85. The van der Waals surface area contributed by atoms with Crippen LogP contribution in [0, 0.1) is 5.92 Å². The summed E-state index contributed by atoms with van der Waals surface area (Å²) in [5.74, 6) is 0.335. The molecule has 2 aliphatic heterocycles. The van der Waals surface area contributed by atoms with E-state index in [-0.39, 0.29) is 18.6 Å². The Balaban J connectivity index is 1.38. The fraction of sp³-hybridized carbons (Fsp3) is 0.263. The zero-order valence-electron chi connectivity index (χ0n) is 13.9. The third-order valence-electron chi connectivity index (χ3n) is 4.56. The lowest BCUT2D eigenvalue weighted by Gasteiger charge is -2.17. The van der Waals surface area contributed by atoms with E-state index in [1.165, 1.54) is 0 Å². The molecule has 0 radical (unpaired) electrons. The normalized spacial score (nSPS) is 18.3. The second-order valence-electron chi connectivity index (χ2n) is 6.21. The highest BCUT2D eigenvalue weighted by Gasteiger charge is 2.37. The second-order valence-corrected chi connectivity index (χ2v) is 7.13. The summed E-state index contributed by atoms with van der Waals surface area (Å²) in [5.41, 5.74) is 1.71. The number of hydrogen-bond acceptors (Lipinski definition) is 4. The van der Waals surface area contributed by atoms with Gasteiger partial charge in [-0.05, 0) is 48.4 Å². The molecular weight excluding hydrogens is 400 g/mol. The molecule has 2 aliphatic rings. The molecule has 26 heavy (non-hydrogen) atoms. The molecule has 6 nitrogen and oxygen atoms in total. The van der Waals surface area contributed by atoms with Gasteiger partial charge in [0.05, 0.1) is 0 Å². The molecule has 2 amide bonds. The van der Waals surface area contributed by atoms with Crippen LogP contribution in [-0.4, -0.2) is 25.2 Å². The number of benzene rings is 2. The van der Waals surface area contributed by atoms with Crippen LogP contribution in [0.4, 0.5) is 5.69 Å². The third-order valence-corrected chi connectivity index (χ3v) is 5.09. The quantitative estimate of drug-likeness (QED) is 0.778. The van der Waals surface area contributed by atoms with Gasteiger partial charge in [0.15, 0.2) is 11.5 Å². The minimum atomic E-state index is -0.646. The summed E-state index contributed by atoms with van der Waals surface area (Å²) < 4.78 is 11.6. The highest BCUT2D eigenvalue weighted by Crippen LogP contribution is 2.32. The minimum Gasteiger partial charge on any atom is -0.454 e. The molecule has 2 aromatic rings. The molecule has 1 fully saturated rings. The monoisotopic (exact) mass is 416 g/mol. The number of ether oxygens (including phenoxy) is 2. The fourth-order valence-electron chi connectivity index (χ4n) is 3.16. The summed E-state index contributed by atoms with van der Waals surface area (Å²) in [6, 6.07) is 13.0. The molecule has 0 unspecified atom stereocenters. The second kappa shape index (κ2) is 6.99. The molecular formula is C19H17BrN2O4. The van der Waals surface area contributed by atoms with Crippen LogP contribution in [0.5, 0.6) is 11.5 Å². The molecule has 0 saturated carbocycles. The van der Waals surface area contributed by atoms with Crippen molar-refractivity contribution in [2.24, 2.45) is 5.92 Å². The van der Waals surface area contributed by atoms with E-state index in [2.05, 4.69) is 21.2 Å².